The summed E-state index contributed by atoms with van der Waals surface area (Å²) in [6.45, 7) is 2.51. The number of nitrogens with two attached hydrogens (primary N) is 1. The van der Waals surface area contributed by atoms with Crippen LogP contribution in [0.15, 0.2) is 27.8 Å². The average molecular weight is 349 g/mol. The number of hydrogen-bond donors (Lipinski definition) is 2. The first-order chi connectivity index (χ1) is 8.99. The molecule has 3 N–H and O–H groups in total. The molecule has 0 aromatic heterocycles. The first-order valence-electron chi connectivity index (χ1n) is 5.70. The molecule has 1 amide bonds. The monoisotopic (exact) mass is 347 g/mol. The standard InChI is InChI=1S/C12H15BrClN3O2/c1-2-5-17(7-11(15)16-19)12(18)9-4-3-8(13)6-10(9)14/h3-4,6,19H,2,5,7H2,1H3,(H2,15,16). The second-order valence-corrected chi connectivity index (χ2v) is 5.27. The Hall–Kier alpha value is -1.27. The number of halogens is 2. The Labute approximate surface area is 125 Å². The molecule has 0 heterocycles. The van der Waals surface area contributed by atoms with E-state index < -0.39 is 0 Å². The molecular weight excluding hydrogens is 334 g/mol. The van der Waals surface area contributed by atoms with Gasteiger partial charge in [-0.3, -0.25) is 4.79 Å². The molecule has 0 atom stereocenters. The number of oxime groups is 1. The lowest BCUT2D eigenvalue weighted by atomic mass is 10.2. The molecule has 0 aliphatic heterocycles. The topological polar surface area (TPSA) is 78.9 Å². The van der Waals surface area contributed by atoms with Crippen molar-refractivity contribution in [3.8, 4) is 0 Å². The Morgan fingerprint density at radius 2 is 2.26 bits per heavy atom. The van der Waals surface area contributed by atoms with E-state index in [1.54, 1.807) is 18.2 Å². The molecule has 0 aliphatic carbocycles. The summed E-state index contributed by atoms with van der Waals surface area (Å²) in [5, 5.41) is 11.8. The Morgan fingerprint density at radius 1 is 1.58 bits per heavy atom. The average Bonchev–Trinajstić information content (AvgIpc) is 2.37. The van der Waals surface area contributed by atoms with Crippen LogP contribution >= 0.6 is 27.5 Å². The van der Waals surface area contributed by atoms with Gasteiger partial charge in [-0.2, -0.15) is 0 Å². The zero-order valence-corrected chi connectivity index (χ0v) is 12.8. The molecule has 1 aromatic rings. The maximum absolute atomic E-state index is 12.4. The SMILES string of the molecule is CCCN(CC(N)=NO)C(=O)c1ccc(Br)cc1Cl. The smallest absolute Gasteiger partial charge is 0.255 e. The summed E-state index contributed by atoms with van der Waals surface area (Å²) in [7, 11) is 0. The summed E-state index contributed by atoms with van der Waals surface area (Å²) < 4.78 is 0.799. The second-order valence-electron chi connectivity index (χ2n) is 3.94. The van der Waals surface area contributed by atoms with Crippen LogP contribution in [-0.2, 0) is 0 Å². The predicted molar refractivity (Wildman–Crippen MR) is 78.8 cm³/mol. The summed E-state index contributed by atoms with van der Waals surface area (Å²) in [6.07, 6.45) is 0.762. The van der Waals surface area contributed by atoms with Gasteiger partial charge >= 0.3 is 0 Å². The molecule has 0 saturated carbocycles. The molecule has 7 heteroatoms. The second kappa shape index (κ2) is 7.35. The van der Waals surface area contributed by atoms with Crippen molar-refractivity contribution in [3.05, 3.63) is 33.3 Å². The van der Waals surface area contributed by atoms with E-state index >= 15 is 0 Å². The maximum atomic E-state index is 12.4. The van der Waals surface area contributed by atoms with Gasteiger partial charge in [-0.05, 0) is 24.6 Å². The Bertz CT molecular complexity index is 494. The summed E-state index contributed by atoms with van der Waals surface area (Å²) in [5.74, 6) is -0.263. The number of amides is 1. The number of amidine groups is 1. The van der Waals surface area contributed by atoms with E-state index in [2.05, 4.69) is 21.1 Å². The Kier molecular flexibility index (Phi) is 6.11. The molecular formula is C12H15BrClN3O2. The minimum Gasteiger partial charge on any atom is -0.409 e. The Morgan fingerprint density at radius 3 is 2.79 bits per heavy atom. The molecule has 0 saturated heterocycles. The van der Waals surface area contributed by atoms with E-state index in [0.717, 1.165) is 10.9 Å². The van der Waals surface area contributed by atoms with Crippen LogP contribution < -0.4 is 5.73 Å². The minimum atomic E-state index is -0.244. The van der Waals surface area contributed by atoms with E-state index in [0.29, 0.717) is 17.1 Å². The van der Waals surface area contributed by atoms with Gasteiger partial charge in [0.2, 0.25) is 0 Å². The van der Waals surface area contributed by atoms with Crippen molar-refractivity contribution in [3.63, 3.8) is 0 Å². The predicted octanol–water partition coefficient (Wildman–Crippen LogP) is 2.70. The van der Waals surface area contributed by atoms with Gasteiger partial charge in [0.1, 0.15) is 0 Å². The van der Waals surface area contributed by atoms with E-state index in [-0.39, 0.29) is 18.3 Å². The molecule has 5 nitrogen and oxygen atoms in total. The van der Waals surface area contributed by atoms with Crippen LogP contribution in [0.4, 0.5) is 0 Å². The van der Waals surface area contributed by atoms with Crippen LogP contribution in [0.1, 0.15) is 23.7 Å². The molecule has 0 spiro atoms. The molecule has 0 radical (unpaired) electrons. The quantitative estimate of drug-likeness (QED) is 0.372. The van der Waals surface area contributed by atoms with Gasteiger partial charge in [-0.15, -0.1) is 0 Å². The van der Waals surface area contributed by atoms with Crippen molar-refractivity contribution >= 4 is 39.3 Å². The van der Waals surface area contributed by atoms with Crippen LogP contribution in [0.3, 0.4) is 0 Å². The molecule has 1 rings (SSSR count). The van der Waals surface area contributed by atoms with Gasteiger partial charge in [0.25, 0.3) is 5.91 Å². The number of carbonyl (C=O) groups excluding carboxylic acids is 1. The number of benzene rings is 1. The first kappa shape index (κ1) is 15.8. The van der Waals surface area contributed by atoms with Crippen LogP contribution in [0.2, 0.25) is 5.02 Å². The van der Waals surface area contributed by atoms with Gasteiger partial charge < -0.3 is 15.8 Å². The fourth-order valence-electron chi connectivity index (χ4n) is 1.58. The normalized spacial score (nSPS) is 11.4. The van der Waals surface area contributed by atoms with Crippen LogP contribution in [0.5, 0.6) is 0 Å². The molecule has 0 aliphatic rings. The highest BCUT2D eigenvalue weighted by atomic mass is 79.9. The molecule has 0 unspecified atom stereocenters. The fourth-order valence-corrected chi connectivity index (χ4v) is 2.34. The van der Waals surface area contributed by atoms with Gasteiger partial charge in [-0.25, -0.2) is 0 Å². The third kappa shape index (κ3) is 4.40. The van der Waals surface area contributed by atoms with Crippen LogP contribution in [-0.4, -0.2) is 34.9 Å². The van der Waals surface area contributed by atoms with E-state index in [1.807, 2.05) is 6.92 Å². The van der Waals surface area contributed by atoms with Crippen molar-refractivity contribution in [2.24, 2.45) is 10.9 Å². The summed E-state index contributed by atoms with van der Waals surface area (Å²) in [5.41, 5.74) is 5.84. The molecule has 0 fully saturated rings. The largest absolute Gasteiger partial charge is 0.409 e. The fraction of sp³-hybridized carbons (Fsp3) is 0.333. The molecule has 1 aromatic carbocycles. The number of rotatable bonds is 5. The van der Waals surface area contributed by atoms with Gasteiger partial charge in [0, 0.05) is 11.0 Å². The van der Waals surface area contributed by atoms with E-state index in [1.165, 1.54) is 4.90 Å². The Balaban J connectivity index is 2.98. The molecule has 0 bridgehead atoms. The number of hydrogen-bond acceptors (Lipinski definition) is 3. The highest BCUT2D eigenvalue weighted by Crippen LogP contribution is 2.22. The van der Waals surface area contributed by atoms with Gasteiger partial charge in [-0.1, -0.05) is 39.6 Å². The third-order valence-corrected chi connectivity index (χ3v) is 3.23. The minimum absolute atomic E-state index is 0.0185. The van der Waals surface area contributed by atoms with E-state index in [4.69, 9.17) is 22.5 Å². The summed E-state index contributed by atoms with van der Waals surface area (Å²) in [6, 6.07) is 5.04. The third-order valence-electron chi connectivity index (χ3n) is 2.42. The van der Waals surface area contributed by atoms with E-state index in [9.17, 15) is 4.79 Å². The lowest BCUT2D eigenvalue weighted by Gasteiger charge is -2.22. The summed E-state index contributed by atoms with van der Waals surface area (Å²) >= 11 is 9.33. The van der Waals surface area contributed by atoms with Gasteiger partial charge in [0.15, 0.2) is 5.84 Å². The van der Waals surface area contributed by atoms with Crippen molar-refractivity contribution in [2.45, 2.75) is 13.3 Å². The highest BCUT2D eigenvalue weighted by molar-refractivity contribution is 9.10. The zero-order valence-electron chi connectivity index (χ0n) is 10.4. The van der Waals surface area contributed by atoms with Crippen molar-refractivity contribution in [2.75, 3.05) is 13.1 Å². The van der Waals surface area contributed by atoms with Crippen molar-refractivity contribution in [1.82, 2.24) is 4.90 Å². The lowest BCUT2D eigenvalue weighted by Crippen LogP contribution is -2.39. The summed E-state index contributed by atoms with van der Waals surface area (Å²) in [4.78, 5) is 13.8. The zero-order chi connectivity index (χ0) is 14.4. The van der Waals surface area contributed by atoms with Gasteiger partial charge in [0.05, 0.1) is 17.1 Å². The lowest BCUT2D eigenvalue weighted by molar-refractivity contribution is 0.0778. The maximum Gasteiger partial charge on any atom is 0.255 e. The first-order valence-corrected chi connectivity index (χ1v) is 6.87. The van der Waals surface area contributed by atoms with Crippen molar-refractivity contribution < 1.29 is 10.0 Å². The van der Waals surface area contributed by atoms with Crippen molar-refractivity contribution in [1.29, 1.82) is 0 Å². The number of nitrogens with zero attached hydrogens (tertiary/aromatic N) is 2. The molecule has 19 heavy (non-hydrogen) atoms. The number of carbonyl (C=O) groups is 1. The van der Waals surface area contributed by atoms with Crippen LogP contribution in [0.25, 0.3) is 0 Å². The molecule has 104 valence electrons. The van der Waals surface area contributed by atoms with Crippen LogP contribution in [0, 0.1) is 0 Å². The highest BCUT2D eigenvalue weighted by Gasteiger charge is 2.19.